The summed E-state index contributed by atoms with van der Waals surface area (Å²) in [6.07, 6.45) is -0.593. The van der Waals surface area contributed by atoms with Gasteiger partial charge in [0.2, 0.25) is 0 Å². The van der Waals surface area contributed by atoms with Gasteiger partial charge < -0.3 is 24.2 Å². The third-order valence-corrected chi connectivity index (χ3v) is 5.66. The van der Waals surface area contributed by atoms with E-state index in [-0.39, 0.29) is 18.2 Å². The number of ether oxygens (including phenoxy) is 3. The summed E-state index contributed by atoms with van der Waals surface area (Å²) in [7, 11) is 3.08. The Bertz CT molecular complexity index is 1110. The molecule has 8 nitrogen and oxygen atoms in total. The van der Waals surface area contributed by atoms with Crippen LogP contribution in [-0.2, 0) is 9.47 Å². The minimum atomic E-state index is -0.593. The van der Waals surface area contributed by atoms with Crippen molar-refractivity contribution in [1.82, 2.24) is 15.1 Å². The van der Waals surface area contributed by atoms with Crippen molar-refractivity contribution in [2.75, 3.05) is 27.4 Å². The molecule has 0 fully saturated rings. The SMILES string of the molecule is CCOc1cc(C2c3c(-c4ccc(C)cc4)n[nH]c3C(=O)N2CC(OC)OC)ccc1O. The number of nitrogens with zero attached hydrogens (tertiary/aromatic N) is 2. The number of H-pyrrole nitrogens is 1. The summed E-state index contributed by atoms with van der Waals surface area (Å²) >= 11 is 0. The largest absolute Gasteiger partial charge is 0.504 e. The number of benzene rings is 2. The van der Waals surface area contributed by atoms with Gasteiger partial charge in [0.15, 0.2) is 17.8 Å². The number of hydrogen-bond donors (Lipinski definition) is 2. The van der Waals surface area contributed by atoms with Crippen molar-refractivity contribution in [2.45, 2.75) is 26.2 Å². The fourth-order valence-corrected chi connectivity index (χ4v) is 4.04. The molecule has 0 radical (unpaired) electrons. The van der Waals surface area contributed by atoms with Crippen LogP contribution in [-0.4, -0.2) is 59.8 Å². The number of phenols is 1. The first-order chi connectivity index (χ1) is 15.5. The third kappa shape index (κ3) is 3.83. The summed E-state index contributed by atoms with van der Waals surface area (Å²) in [5, 5.41) is 17.6. The molecule has 8 heteroatoms. The van der Waals surface area contributed by atoms with Crippen molar-refractivity contribution in [2.24, 2.45) is 0 Å². The Balaban J connectivity index is 1.86. The van der Waals surface area contributed by atoms with Crippen molar-refractivity contribution in [3.05, 3.63) is 64.8 Å². The zero-order valence-corrected chi connectivity index (χ0v) is 18.6. The fraction of sp³-hybridized carbons (Fsp3) is 0.333. The summed E-state index contributed by atoms with van der Waals surface area (Å²) < 4.78 is 16.3. The van der Waals surface area contributed by atoms with Crippen LogP contribution in [0.3, 0.4) is 0 Å². The molecule has 2 N–H and O–H groups in total. The van der Waals surface area contributed by atoms with Crippen molar-refractivity contribution in [3.8, 4) is 22.8 Å². The number of amides is 1. The van der Waals surface area contributed by atoms with E-state index in [9.17, 15) is 9.90 Å². The molecule has 1 aromatic heterocycles. The molecule has 3 aromatic rings. The highest BCUT2D eigenvalue weighted by atomic mass is 16.7. The second kappa shape index (κ2) is 9.02. The maximum atomic E-state index is 13.4. The molecule has 0 saturated carbocycles. The maximum absolute atomic E-state index is 13.4. The van der Waals surface area contributed by atoms with E-state index in [0.29, 0.717) is 23.7 Å². The lowest BCUT2D eigenvalue weighted by Crippen LogP contribution is -2.38. The van der Waals surface area contributed by atoms with Crippen molar-refractivity contribution in [1.29, 1.82) is 0 Å². The van der Waals surface area contributed by atoms with E-state index in [1.54, 1.807) is 23.1 Å². The number of aromatic amines is 1. The second-order valence-corrected chi connectivity index (χ2v) is 7.65. The molecule has 1 unspecified atom stereocenters. The maximum Gasteiger partial charge on any atom is 0.273 e. The topological polar surface area (TPSA) is 96.9 Å². The summed E-state index contributed by atoms with van der Waals surface area (Å²) in [6.45, 7) is 4.50. The standard InChI is InChI=1S/C24H27N3O5/c1-5-32-18-12-16(10-11-17(18)28)23-20-21(15-8-6-14(2)7-9-15)25-26-22(20)24(29)27(23)13-19(30-3)31-4/h6-12,19,23,28H,5,13H2,1-4H3,(H,25,26). The average molecular weight is 437 g/mol. The summed E-state index contributed by atoms with van der Waals surface area (Å²) in [5.41, 5.74) is 4.75. The number of aryl methyl sites for hydroxylation is 1. The van der Waals surface area contributed by atoms with E-state index >= 15 is 0 Å². The first kappa shape index (κ1) is 21.9. The van der Waals surface area contributed by atoms with Crippen LogP contribution in [0.15, 0.2) is 42.5 Å². The van der Waals surface area contributed by atoms with E-state index in [2.05, 4.69) is 10.2 Å². The highest BCUT2D eigenvalue weighted by Gasteiger charge is 2.43. The lowest BCUT2D eigenvalue weighted by atomic mass is 9.95. The Hall–Kier alpha value is -3.36. The Kier molecular flexibility index (Phi) is 6.16. The van der Waals surface area contributed by atoms with Crippen LogP contribution in [0.25, 0.3) is 11.3 Å². The van der Waals surface area contributed by atoms with Gasteiger partial charge in [-0.25, -0.2) is 0 Å². The van der Waals surface area contributed by atoms with Gasteiger partial charge in [0, 0.05) is 25.3 Å². The van der Waals surface area contributed by atoms with Crippen LogP contribution < -0.4 is 4.74 Å². The predicted molar refractivity (Wildman–Crippen MR) is 119 cm³/mol. The lowest BCUT2D eigenvalue weighted by Gasteiger charge is -2.29. The summed E-state index contributed by atoms with van der Waals surface area (Å²) in [5.74, 6) is 0.214. The molecule has 4 rings (SSSR count). The molecule has 1 atom stereocenters. The Labute approximate surface area is 186 Å². The van der Waals surface area contributed by atoms with Gasteiger partial charge in [-0.05, 0) is 31.5 Å². The molecule has 0 saturated heterocycles. The summed E-state index contributed by atoms with van der Waals surface area (Å²) in [6, 6.07) is 12.7. The molecule has 0 aliphatic carbocycles. The minimum Gasteiger partial charge on any atom is -0.504 e. The smallest absolute Gasteiger partial charge is 0.273 e. The third-order valence-electron chi connectivity index (χ3n) is 5.66. The molecule has 32 heavy (non-hydrogen) atoms. The van der Waals surface area contributed by atoms with E-state index in [4.69, 9.17) is 14.2 Å². The molecular weight excluding hydrogens is 410 g/mol. The molecule has 2 aromatic carbocycles. The van der Waals surface area contributed by atoms with Crippen LogP contribution in [0.5, 0.6) is 11.5 Å². The lowest BCUT2D eigenvalue weighted by molar-refractivity contribution is -0.113. The highest BCUT2D eigenvalue weighted by Crippen LogP contribution is 2.44. The van der Waals surface area contributed by atoms with Crippen LogP contribution >= 0.6 is 0 Å². The van der Waals surface area contributed by atoms with E-state index in [1.165, 1.54) is 14.2 Å². The first-order valence-electron chi connectivity index (χ1n) is 10.5. The Morgan fingerprint density at radius 2 is 1.88 bits per heavy atom. The zero-order valence-electron chi connectivity index (χ0n) is 18.6. The molecular formula is C24H27N3O5. The Morgan fingerprint density at radius 1 is 1.16 bits per heavy atom. The van der Waals surface area contributed by atoms with E-state index < -0.39 is 12.3 Å². The molecule has 2 heterocycles. The molecule has 0 bridgehead atoms. The molecule has 0 spiro atoms. The predicted octanol–water partition coefficient (Wildman–Crippen LogP) is 3.65. The molecule has 1 aliphatic rings. The van der Waals surface area contributed by atoms with Gasteiger partial charge in [-0.2, -0.15) is 5.10 Å². The molecule has 1 amide bonds. The van der Waals surface area contributed by atoms with Gasteiger partial charge >= 0.3 is 0 Å². The number of nitrogens with one attached hydrogen (secondary N) is 1. The van der Waals surface area contributed by atoms with Gasteiger partial charge in [0.25, 0.3) is 5.91 Å². The number of aromatic nitrogens is 2. The normalized spacial score (nSPS) is 15.5. The number of carbonyl (C=O) groups excluding carboxylic acids is 1. The minimum absolute atomic E-state index is 0.0457. The van der Waals surface area contributed by atoms with Crippen molar-refractivity contribution in [3.63, 3.8) is 0 Å². The highest BCUT2D eigenvalue weighted by molar-refractivity contribution is 6.00. The van der Waals surface area contributed by atoms with Crippen LogP contribution in [0.1, 0.15) is 40.1 Å². The number of rotatable bonds is 8. The number of phenolic OH excluding ortho intramolecular Hbond substituents is 1. The van der Waals surface area contributed by atoms with Crippen LogP contribution in [0.2, 0.25) is 0 Å². The van der Waals surface area contributed by atoms with E-state index in [0.717, 1.165) is 22.3 Å². The van der Waals surface area contributed by atoms with E-state index in [1.807, 2.05) is 38.1 Å². The molecule has 1 aliphatic heterocycles. The number of hydrogen-bond acceptors (Lipinski definition) is 6. The first-order valence-corrected chi connectivity index (χ1v) is 10.5. The zero-order chi connectivity index (χ0) is 22.8. The van der Waals surface area contributed by atoms with Crippen LogP contribution in [0.4, 0.5) is 0 Å². The summed E-state index contributed by atoms with van der Waals surface area (Å²) in [4.78, 5) is 15.1. The number of methoxy groups -OCH3 is 2. The monoisotopic (exact) mass is 437 g/mol. The van der Waals surface area contributed by atoms with Gasteiger partial charge in [-0.3, -0.25) is 9.89 Å². The van der Waals surface area contributed by atoms with Gasteiger partial charge in [-0.1, -0.05) is 35.9 Å². The number of carbonyl (C=O) groups is 1. The second-order valence-electron chi connectivity index (χ2n) is 7.65. The number of fused-ring (bicyclic) bond motifs is 1. The Morgan fingerprint density at radius 3 is 2.53 bits per heavy atom. The number of aromatic hydroxyl groups is 1. The molecule has 168 valence electrons. The van der Waals surface area contributed by atoms with Crippen LogP contribution in [0, 0.1) is 6.92 Å². The van der Waals surface area contributed by atoms with Crippen molar-refractivity contribution < 1.29 is 24.1 Å². The quantitative estimate of drug-likeness (QED) is 0.522. The fourth-order valence-electron chi connectivity index (χ4n) is 4.04. The van der Waals surface area contributed by atoms with Crippen molar-refractivity contribution >= 4 is 5.91 Å². The average Bonchev–Trinajstić information content (AvgIpc) is 3.33. The van der Waals surface area contributed by atoms with Gasteiger partial charge in [0.1, 0.15) is 5.69 Å². The van der Waals surface area contributed by atoms with Gasteiger partial charge in [-0.15, -0.1) is 0 Å². The van der Waals surface area contributed by atoms with Gasteiger partial charge in [0.05, 0.1) is 24.9 Å².